The summed E-state index contributed by atoms with van der Waals surface area (Å²) in [6.07, 6.45) is 12.0. The molecule has 0 aromatic heterocycles. The molecule has 0 aromatic rings. The highest BCUT2D eigenvalue weighted by Crippen LogP contribution is 2.16. The molecule has 5 N–H and O–H groups in total. The number of primary amides is 1. The highest BCUT2D eigenvalue weighted by Gasteiger charge is 2.42. The van der Waals surface area contributed by atoms with Crippen LogP contribution >= 0.6 is 0 Å². The quantitative estimate of drug-likeness (QED) is 0.294. The van der Waals surface area contributed by atoms with E-state index in [-0.39, 0.29) is 6.42 Å². The fourth-order valence-corrected chi connectivity index (χ4v) is 2.74. The summed E-state index contributed by atoms with van der Waals surface area (Å²) in [5.74, 6) is -2.99. The van der Waals surface area contributed by atoms with Gasteiger partial charge in [0.25, 0.3) is 0 Å². The van der Waals surface area contributed by atoms with E-state index in [1.54, 1.807) is 0 Å². The predicted molar refractivity (Wildman–Crippen MR) is 94.5 cm³/mol. The topological polar surface area (TPSA) is 123 Å². The van der Waals surface area contributed by atoms with Gasteiger partial charge in [-0.3, -0.25) is 9.59 Å². The van der Waals surface area contributed by atoms with Crippen LogP contribution in [-0.2, 0) is 14.4 Å². The maximum absolute atomic E-state index is 12.0. The molecule has 24 heavy (non-hydrogen) atoms. The lowest BCUT2D eigenvalue weighted by Gasteiger charge is -2.21. The molecule has 1 amide bonds. The monoisotopic (exact) mass is 342 g/mol. The molecule has 0 unspecified atom stereocenters. The highest BCUT2D eigenvalue weighted by molar-refractivity contribution is 6.10. The first-order chi connectivity index (χ1) is 11.3. The number of hydrogen-bond donors (Lipinski definition) is 3. The minimum atomic E-state index is -2.18. The Hall–Kier alpha value is -1.43. The smallest absolute Gasteiger partial charge is 0.332 e. The van der Waals surface area contributed by atoms with Crippen molar-refractivity contribution in [2.24, 2.45) is 11.5 Å². The first-order valence-corrected chi connectivity index (χ1v) is 9.18. The third kappa shape index (κ3) is 9.65. The van der Waals surface area contributed by atoms with Crippen molar-refractivity contribution >= 4 is 17.7 Å². The normalized spacial score (nSPS) is 13.4. The summed E-state index contributed by atoms with van der Waals surface area (Å²) in [6, 6.07) is 0. The molecule has 0 saturated heterocycles. The van der Waals surface area contributed by atoms with Crippen molar-refractivity contribution in [3.8, 4) is 0 Å². The molecular formula is C18H34N2O4. The molecule has 6 heteroatoms. The van der Waals surface area contributed by atoms with Crippen molar-refractivity contribution in [2.45, 2.75) is 95.9 Å². The van der Waals surface area contributed by atoms with Crippen LogP contribution in [0.5, 0.6) is 0 Å². The van der Waals surface area contributed by atoms with Crippen LogP contribution in [0.25, 0.3) is 0 Å². The van der Waals surface area contributed by atoms with Gasteiger partial charge in [0.1, 0.15) is 0 Å². The Kier molecular flexibility index (Phi) is 12.2. The lowest BCUT2D eigenvalue weighted by atomic mass is 9.88. The largest absolute Gasteiger partial charge is 0.480 e. The molecule has 1 atom stereocenters. The molecule has 0 aliphatic carbocycles. The van der Waals surface area contributed by atoms with Gasteiger partial charge in [0.15, 0.2) is 11.3 Å². The summed E-state index contributed by atoms with van der Waals surface area (Å²) < 4.78 is 0. The Balaban J connectivity index is 3.77. The molecular weight excluding hydrogens is 308 g/mol. The summed E-state index contributed by atoms with van der Waals surface area (Å²) in [4.78, 5) is 34.0. The number of carboxylic acids is 1. The summed E-state index contributed by atoms with van der Waals surface area (Å²) in [6.45, 7) is 2.21. The second kappa shape index (κ2) is 12.9. The van der Waals surface area contributed by atoms with Gasteiger partial charge in [0.05, 0.1) is 6.42 Å². The van der Waals surface area contributed by atoms with Gasteiger partial charge in [0, 0.05) is 6.42 Å². The van der Waals surface area contributed by atoms with E-state index in [1.165, 1.54) is 44.9 Å². The lowest BCUT2D eigenvalue weighted by molar-refractivity contribution is -0.150. The van der Waals surface area contributed by atoms with E-state index in [2.05, 4.69) is 6.92 Å². The van der Waals surface area contributed by atoms with Crippen LogP contribution in [-0.4, -0.2) is 28.3 Å². The molecule has 6 nitrogen and oxygen atoms in total. The van der Waals surface area contributed by atoms with Gasteiger partial charge in [-0.1, -0.05) is 71.1 Å². The van der Waals surface area contributed by atoms with Crippen LogP contribution in [0, 0.1) is 0 Å². The van der Waals surface area contributed by atoms with Gasteiger partial charge in [-0.2, -0.15) is 0 Å². The SMILES string of the molecule is CCCCCCCCCCCCCC(=O)[C@@](N)(CC(N)=O)C(=O)O. The Morgan fingerprint density at radius 1 is 0.833 bits per heavy atom. The molecule has 0 heterocycles. The van der Waals surface area contributed by atoms with Crippen LogP contribution < -0.4 is 11.5 Å². The number of aliphatic carboxylic acids is 1. The number of amides is 1. The minimum Gasteiger partial charge on any atom is -0.480 e. The Morgan fingerprint density at radius 2 is 1.25 bits per heavy atom. The highest BCUT2D eigenvalue weighted by atomic mass is 16.4. The van der Waals surface area contributed by atoms with Crippen LogP contribution in [0.1, 0.15) is 90.4 Å². The molecule has 0 aromatic carbocycles. The fraction of sp³-hybridized carbons (Fsp3) is 0.833. The van der Waals surface area contributed by atoms with E-state index >= 15 is 0 Å². The predicted octanol–water partition coefficient (Wildman–Crippen LogP) is 2.91. The molecule has 0 saturated carbocycles. The average Bonchev–Trinajstić information content (AvgIpc) is 2.51. The molecule has 0 aliphatic rings. The molecule has 0 bridgehead atoms. The van der Waals surface area contributed by atoms with Crippen molar-refractivity contribution in [3.05, 3.63) is 0 Å². The van der Waals surface area contributed by atoms with Gasteiger partial charge in [0.2, 0.25) is 5.91 Å². The van der Waals surface area contributed by atoms with Crippen LogP contribution in [0.3, 0.4) is 0 Å². The van der Waals surface area contributed by atoms with Crippen molar-refractivity contribution in [1.82, 2.24) is 0 Å². The van der Waals surface area contributed by atoms with E-state index in [0.717, 1.165) is 19.3 Å². The number of hydrogen-bond acceptors (Lipinski definition) is 4. The second-order valence-corrected chi connectivity index (χ2v) is 6.63. The number of Topliss-reactive ketones (excluding diaryl/α,β-unsaturated/α-hetero) is 1. The maximum atomic E-state index is 12.0. The Morgan fingerprint density at radius 3 is 1.62 bits per heavy atom. The zero-order valence-electron chi connectivity index (χ0n) is 15.0. The molecule has 0 radical (unpaired) electrons. The molecule has 0 spiro atoms. The standard InChI is InChI=1S/C18H34N2O4/c1-2-3-4-5-6-7-8-9-10-11-12-13-15(21)18(20,17(23)24)14-16(19)22/h2-14,20H2,1H3,(H2,19,22)(H,23,24)/t18-/m0/s1. The van der Waals surface area contributed by atoms with E-state index in [4.69, 9.17) is 16.6 Å². The maximum Gasteiger partial charge on any atom is 0.332 e. The van der Waals surface area contributed by atoms with Gasteiger partial charge < -0.3 is 16.6 Å². The third-order valence-electron chi connectivity index (χ3n) is 4.34. The first kappa shape index (κ1) is 22.6. The first-order valence-electron chi connectivity index (χ1n) is 9.18. The van der Waals surface area contributed by atoms with Gasteiger partial charge >= 0.3 is 5.97 Å². The Labute approximate surface area is 145 Å². The van der Waals surface area contributed by atoms with E-state index in [9.17, 15) is 14.4 Å². The lowest BCUT2D eigenvalue weighted by Crippen LogP contribution is -2.57. The fourth-order valence-electron chi connectivity index (χ4n) is 2.74. The van der Waals surface area contributed by atoms with E-state index in [1.807, 2.05) is 0 Å². The van der Waals surface area contributed by atoms with Gasteiger partial charge in [-0.15, -0.1) is 0 Å². The third-order valence-corrected chi connectivity index (χ3v) is 4.34. The number of ketones is 1. The van der Waals surface area contributed by atoms with Crippen molar-refractivity contribution in [1.29, 1.82) is 0 Å². The number of carbonyl (C=O) groups is 3. The van der Waals surface area contributed by atoms with Crippen LogP contribution in [0.4, 0.5) is 0 Å². The van der Waals surface area contributed by atoms with Gasteiger partial charge in [-0.05, 0) is 6.42 Å². The second-order valence-electron chi connectivity index (χ2n) is 6.63. The summed E-state index contributed by atoms with van der Waals surface area (Å²) in [5, 5.41) is 9.08. The zero-order valence-corrected chi connectivity index (χ0v) is 15.0. The van der Waals surface area contributed by atoms with Crippen molar-refractivity contribution < 1.29 is 19.5 Å². The molecule has 0 fully saturated rings. The van der Waals surface area contributed by atoms with Crippen LogP contribution in [0.2, 0.25) is 0 Å². The average molecular weight is 342 g/mol. The van der Waals surface area contributed by atoms with Gasteiger partial charge in [-0.25, -0.2) is 4.79 Å². The Bertz CT molecular complexity index is 398. The molecule has 0 rings (SSSR count). The number of unbranched alkanes of at least 4 members (excludes halogenated alkanes) is 10. The minimum absolute atomic E-state index is 0.0765. The zero-order chi connectivity index (χ0) is 18.4. The molecule has 0 aliphatic heterocycles. The summed E-state index contributed by atoms with van der Waals surface area (Å²) in [7, 11) is 0. The van der Waals surface area contributed by atoms with Crippen molar-refractivity contribution in [2.75, 3.05) is 0 Å². The summed E-state index contributed by atoms with van der Waals surface area (Å²) >= 11 is 0. The van der Waals surface area contributed by atoms with Crippen molar-refractivity contribution in [3.63, 3.8) is 0 Å². The number of nitrogens with two attached hydrogens (primary N) is 2. The number of rotatable bonds is 16. The number of carboxylic acid groups (broad SMARTS) is 1. The van der Waals surface area contributed by atoms with Crippen LogP contribution in [0.15, 0.2) is 0 Å². The molecule has 140 valence electrons. The van der Waals surface area contributed by atoms with E-state index < -0.39 is 29.6 Å². The number of carbonyl (C=O) groups excluding carboxylic acids is 2. The summed E-state index contributed by atoms with van der Waals surface area (Å²) in [5.41, 5.74) is 8.37. The van der Waals surface area contributed by atoms with E-state index in [0.29, 0.717) is 6.42 Å².